The molecule has 1 atom stereocenters. The molecule has 0 N–H and O–H groups in total. The fourth-order valence-corrected chi connectivity index (χ4v) is 2.29. The first-order valence-electron chi connectivity index (χ1n) is 7.15. The van der Waals surface area contributed by atoms with Crippen LogP contribution in [0.2, 0.25) is 0 Å². The molecule has 3 rings (SSSR count). The number of terminal acetylenes is 1. The number of carbonyl (C=O) groups is 1. The number of hydrogen-bond acceptors (Lipinski definition) is 4. The summed E-state index contributed by atoms with van der Waals surface area (Å²) in [6, 6.07) is 11.3. The van der Waals surface area contributed by atoms with Gasteiger partial charge in [0.15, 0.2) is 11.8 Å². The smallest absolute Gasteiger partial charge is 0.341 e. The van der Waals surface area contributed by atoms with E-state index < -0.39 is 12.1 Å². The molecule has 0 spiro atoms. The van der Waals surface area contributed by atoms with Crippen molar-refractivity contribution in [2.75, 3.05) is 0 Å². The molecule has 0 saturated heterocycles. The average Bonchev–Trinajstić information content (AvgIpc) is 2.95. The molecule has 1 aromatic carbocycles. The summed E-state index contributed by atoms with van der Waals surface area (Å²) in [4.78, 5) is 20.7. The number of ether oxygens (including phenoxy) is 1. The molecule has 0 aliphatic heterocycles. The minimum Gasteiger partial charge on any atom is -0.445 e. The maximum absolute atomic E-state index is 12.3. The number of esters is 1. The number of hydrogen-bond donors (Lipinski definition) is 0. The van der Waals surface area contributed by atoms with Gasteiger partial charge in [0.2, 0.25) is 0 Å². The average molecular weight is 305 g/mol. The molecule has 2 heterocycles. The van der Waals surface area contributed by atoms with Crippen molar-refractivity contribution < 1.29 is 9.53 Å². The van der Waals surface area contributed by atoms with Crippen LogP contribution in [-0.4, -0.2) is 26.6 Å². The summed E-state index contributed by atoms with van der Waals surface area (Å²) < 4.78 is 7.18. The van der Waals surface area contributed by atoms with Crippen molar-refractivity contribution >= 4 is 17.1 Å². The van der Waals surface area contributed by atoms with Gasteiger partial charge < -0.3 is 9.30 Å². The molecule has 0 radical (unpaired) electrons. The largest absolute Gasteiger partial charge is 0.445 e. The lowest BCUT2D eigenvalue weighted by Gasteiger charge is -2.12. The van der Waals surface area contributed by atoms with Crippen molar-refractivity contribution in [1.82, 2.24) is 14.5 Å². The van der Waals surface area contributed by atoms with Crippen LogP contribution in [0, 0.1) is 12.3 Å². The van der Waals surface area contributed by atoms with Crippen LogP contribution >= 0.6 is 0 Å². The number of pyridine rings is 1. The molecule has 0 saturated carbocycles. The maximum atomic E-state index is 12.3. The molecule has 0 amide bonds. The molecule has 114 valence electrons. The number of carbonyl (C=O) groups excluding carboxylic acids is 1. The van der Waals surface area contributed by atoms with E-state index in [1.165, 1.54) is 6.20 Å². The Morgan fingerprint density at radius 1 is 1.35 bits per heavy atom. The van der Waals surface area contributed by atoms with Gasteiger partial charge in [-0.15, -0.1) is 6.42 Å². The Morgan fingerprint density at radius 2 is 2.13 bits per heavy atom. The Labute approximate surface area is 133 Å². The highest BCUT2D eigenvalue weighted by Crippen LogP contribution is 2.13. The number of aromatic nitrogens is 3. The monoisotopic (exact) mass is 305 g/mol. The minimum absolute atomic E-state index is 0.338. The van der Waals surface area contributed by atoms with Crippen molar-refractivity contribution in [3.05, 3.63) is 60.0 Å². The number of imidazole rings is 1. The molecule has 5 heteroatoms. The third kappa shape index (κ3) is 3.22. The van der Waals surface area contributed by atoms with Crippen molar-refractivity contribution in [3.8, 4) is 12.3 Å². The topological polar surface area (TPSA) is 57.0 Å². The number of rotatable bonds is 4. The van der Waals surface area contributed by atoms with Gasteiger partial charge in [-0.3, -0.25) is 0 Å². The summed E-state index contributed by atoms with van der Waals surface area (Å²) in [6.07, 6.45) is 8.46. The summed E-state index contributed by atoms with van der Waals surface area (Å²) in [5.74, 6) is 2.01. The number of nitrogens with zero attached hydrogens (tertiary/aromatic N) is 3. The lowest BCUT2D eigenvalue weighted by molar-refractivity contribution is 0.0411. The van der Waals surface area contributed by atoms with E-state index in [1.807, 2.05) is 37.4 Å². The van der Waals surface area contributed by atoms with Crippen molar-refractivity contribution in [1.29, 1.82) is 0 Å². The number of fused-ring (bicyclic) bond motifs is 1. The second kappa shape index (κ2) is 6.32. The lowest BCUT2D eigenvalue weighted by atomic mass is 10.1. The Morgan fingerprint density at radius 3 is 2.87 bits per heavy atom. The molecule has 2 aromatic heterocycles. The summed E-state index contributed by atoms with van der Waals surface area (Å²) in [6.45, 7) is 0. The van der Waals surface area contributed by atoms with E-state index >= 15 is 0 Å². The first-order chi connectivity index (χ1) is 11.2. The number of aryl methyl sites for hydroxylation is 1. The lowest BCUT2D eigenvalue weighted by Crippen LogP contribution is -2.19. The summed E-state index contributed by atoms with van der Waals surface area (Å²) in [5.41, 5.74) is 2.70. The molecule has 0 fully saturated rings. The molecule has 0 aliphatic carbocycles. The fraction of sp³-hybridized carbons (Fsp3) is 0.167. The predicted molar refractivity (Wildman–Crippen MR) is 86.7 cm³/mol. The summed E-state index contributed by atoms with van der Waals surface area (Å²) in [7, 11) is 1.84. The predicted octanol–water partition coefficient (Wildman–Crippen LogP) is 2.37. The Bertz CT molecular complexity index is 878. The van der Waals surface area contributed by atoms with Crippen LogP contribution in [0.4, 0.5) is 0 Å². The normalized spacial score (nSPS) is 11.8. The van der Waals surface area contributed by atoms with E-state index in [2.05, 4.69) is 15.9 Å². The molecule has 0 bridgehead atoms. The first-order valence-corrected chi connectivity index (χ1v) is 7.15. The summed E-state index contributed by atoms with van der Waals surface area (Å²) >= 11 is 0. The summed E-state index contributed by atoms with van der Waals surface area (Å²) in [5, 5.41) is 0. The molecular weight excluding hydrogens is 290 g/mol. The molecule has 23 heavy (non-hydrogen) atoms. The molecular formula is C18H15N3O2. The van der Waals surface area contributed by atoms with Crippen molar-refractivity contribution in [2.24, 2.45) is 7.05 Å². The Kier molecular flexibility index (Phi) is 4.07. The Hall–Kier alpha value is -3.13. The van der Waals surface area contributed by atoms with Crippen LogP contribution in [0.3, 0.4) is 0 Å². The van der Waals surface area contributed by atoms with E-state index in [0.717, 1.165) is 5.56 Å². The van der Waals surface area contributed by atoms with Crippen LogP contribution in [0.25, 0.3) is 11.2 Å². The van der Waals surface area contributed by atoms with Gasteiger partial charge >= 0.3 is 5.97 Å². The fourth-order valence-electron chi connectivity index (χ4n) is 2.29. The highest BCUT2D eigenvalue weighted by atomic mass is 16.5. The van der Waals surface area contributed by atoms with Gasteiger partial charge in [-0.1, -0.05) is 36.3 Å². The van der Waals surface area contributed by atoms with E-state index in [1.54, 1.807) is 17.0 Å². The van der Waals surface area contributed by atoms with Crippen LogP contribution in [-0.2, 0) is 18.2 Å². The molecule has 3 aromatic rings. The van der Waals surface area contributed by atoms with Gasteiger partial charge in [-0.2, -0.15) is 0 Å². The third-order valence-electron chi connectivity index (χ3n) is 3.49. The van der Waals surface area contributed by atoms with Crippen LogP contribution < -0.4 is 0 Å². The minimum atomic E-state index is -0.621. The first kappa shape index (κ1) is 14.8. The second-order valence-electron chi connectivity index (χ2n) is 5.17. The second-order valence-corrected chi connectivity index (χ2v) is 5.17. The van der Waals surface area contributed by atoms with Gasteiger partial charge in [0.1, 0.15) is 5.52 Å². The van der Waals surface area contributed by atoms with Crippen molar-refractivity contribution in [2.45, 2.75) is 12.5 Å². The van der Waals surface area contributed by atoms with Crippen molar-refractivity contribution in [3.63, 3.8) is 0 Å². The standard InChI is InChI=1S/C18H15N3O2/c1-3-15(9-13-7-5-4-6-8-13)23-18(22)14-10-16-17(19-11-14)21(2)12-20-16/h1,4-8,10-12,15H,9H2,2H3. The van der Waals surface area contributed by atoms with Gasteiger partial charge in [-0.25, -0.2) is 14.8 Å². The highest BCUT2D eigenvalue weighted by Gasteiger charge is 2.16. The zero-order valence-corrected chi connectivity index (χ0v) is 12.6. The van der Waals surface area contributed by atoms with Gasteiger partial charge in [0.05, 0.1) is 11.9 Å². The van der Waals surface area contributed by atoms with E-state index in [-0.39, 0.29) is 0 Å². The molecule has 0 aliphatic rings. The van der Waals surface area contributed by atoms with Gasteiger partial charge in [0.25, 0.3) is 0 Å². The van der Waals surface area contributed by atoms with Crippen LogP contribution in [0.15, 0.2) is 48.9 Å². The van der Waals surface area contributed by atoms with Gasteiger partial charge in [-0.05, 0) is 11.6 Å². The van der Waals surface area contributed by atoms with E-state index in [9.17, 15) is 4.79 Å². The quantitative estimate of drug-likeness (QED) is 0.548. The van der Waals surface area contributed by atoms with Crippen LogP contribution in [0.1, 0.15) is 15.9 Å². The van der Waals surface area contributed by atoms with E-state index in [0.29, 0.717) is 23.1 Å². The number of benzene rings is 1. The molecule has 1 unspecified atom stereocenters. The zero-order chi connectivity index (χ0) is 16.2. The third-order valence-corrected chi connectivity index (χ3v) is 3.49. The highest BCUT2D eigenvalue weighted by molar-refractivity contribution is 5.92. The Balaban J connectivity index is 1.74. The zero-order valence-electron chi connectivity index (χ0n) is 12.6. The molecule has 5 nitrogen and oxygen atoms in total. The van der Waals surface area contributed by atoms with Gasteiger partial charge in [0, 0.05) is 19.7 Å². The van der Waals surface area contributed by atoms with Crippen LogP contribution in [0.5, 0.6) is 0 Å². The SMILES string of the molecule is C#CC(Cc1ccccc1)OC(=O)c1cnc2c(c1)ncn2C. The van der Waals surface area contributed by atoms with E-state index in [4.69, 9.17) is 11.2 Å². The maximum Gasteiger partial charge on any atom is 0.341 e.